The highest BCUT2D eigenvalue weighted by molar-refractivity contribution is 5.52. The molecular formula is C11H16N2. The summed E-state index contributed by atoms with van der Waals surface area (Å²) < 4.78 is 2.09. The third kappa shape index (κ3) is 1.41. The Balaban J connectivity index is 2.47. The number of rotatable bonds is 0. The largest absolute Gasteiger partial charge is 0.242 e. The van der Waals surface area contributed by atoms with Crippen molar-refractivity contribution in [2.45, 2.75) is 33.6 Å². The Kier molecular flexibility index (Phi) is 1.79. The molecule has 0 bridgehead atoms. The highest BCUT2D eigenvalue weighted by Gasteiger charge is 2.23. The summed E-state index contributed by atoms with van der Waals surface area (Å²) in [5.41, 5.74) is 2.87. The first-order chi connectivity index (χ1) is 6.09. The van der Waals surface area contributed by atoms with E-state index < -0.39 is 0 Å². The van der Waals surface area contributed by atoms with Crippen LogP contribution in [-0.2, 0) is 6.42 Å². The molecule has 1 aliphatic heterocycles. The van der Waals surface area contributed by atoms with Gasteiger partial charge in [-0.25, -0.2) is 4.68 Å². The molecular weight excluding hydrogens is 160 g/mol. The molecule has 70 valence electrons. The van der Waals surface area contributed by atoms with Gasteiger partial charge in [0, 0.05) is 23.0 Å². The average molecular weight is 176 g/mol. The Labute approximate surface area is 79.3 Å². The van der Waals surface area contributed by atoms with Crippen LogP contribution < -0.4 is 0 Å². The summed E-state index contributed by atoms with van der Waals surface area (Å²) in [6.07, 6.45) is 6.47. The lowest BCUT2D eigenvalue weighted by atomic mass is 9.89. The molecule has 2 rings (SSSR count). The predicted molar refractivity (Wildman–Crippen MR) is 54.3 cm³/mol. The molecule has 0 aliphatic carbocycles. The van der Waals surface area contributed by atoms with E-state index in [1.165, 1.54) is 11.4 Å². The zero-order valence-electron chi connectivity index (χ0n) is 8.54. The second-order valence-electron chi connectivity index (χ2n) is 4.61. The van der Waals surface area contributed by atoms with Crippen molar-refractivity contribution in [2.24, 2.45) is 5.41 Å². The van der Waals surface area contributed by atoms with Gasteiger partial charge in [0.2, 0.25) is 0 Å². The zero-order chi connectivity index (χ0) is 9.47. The fraction of sp³-hybridized carbons (Fsp3) is 0.545. The number of hydrogen-bond acceptors (Lipinski definition) is 1. The van der Waals surface area contributed by atoms with E-state index in [1.54, 1.807) is 0 Å². The van der Waals surface area contributed by atoms with Gasteiger partial charge in [-0.15, -0.1) is 0 Å². The molecule has 0 atom stereocenters. The molecule has 2 heteroatoms. The predicted octanol–water partition coefficient (Wildman–Crippen LogP) is 2.72. The minimum absolute atomic E-state index is 0.196. The number of aromatic nitrogens is 2. The van der Waals surface area contributed by atoms with Gasteiger partial charge < -0.3 is 0 Å². The van der Waals surface area contributed by atoms with Gasteiger partial charge >= 0.3 is 0 Å². The Hall–Kier alpha value is -1.05. The molecule has 0 aromatic carbocycles. The van der Waals surface area contributed by atoms with Crippen LogP contribution in [0.3, 0.4) is 0 Å². The van der Waals surface area contributed by atoms with Crippen molar-refractivity contribution >= 4 is 5.70 Å². The standard InChI is InChI=1S/C11H16N2/c1-11(2,3)10-6-4-5-9-7-8-12-13(9)10/h6-8H,4-5H2,1-3H3. The van der Waals surface area contributed by atoms with Gasteiger partial charge in [0.1, 0.15) is 0 Å². The maximum Gasteiger partial charge on any atom is 0.0496 e. The lowest BCUT2D eigenvalue weighted by molar-refractivity contribution is 0.513. The van der Waals surface area contributed by atoms with E-state index in [0.717, 1.165) is 12.8 Å². The Morgan fingerprint density at radius 2 is 2.15 bits per heavy atom. The molecule has 0 fully saturated rings. The number of allylic oxidation sites excluding steroid dienone is 2. The molecule has 2 heterocycles. The van der Waals surface area contributed by atoms with E-state index in [1.807, 2.05) is 6.20 Å². The molecule has 0 spiro atoms. The van der Waals surface area contributed by atoms with Gasteiger partial charge in [-0.05, 0) is 18.9 Å². The van der Waals surface area contributed by atoms with Crippen LogP contribution in [0.15, 0.2) is 18.3 Å². The summed E-state index contributed by atoms with van der Waals surface area (Å²) in [4.78, 5) is 0. The molecule has 1 aromatic rings. The fourth-order valence-electron chi connectivity index (χ4n) is 1.80. The summed E-state index contributed by atoms with van der Waals surface area (Å²) in [6, 6.07) is 2.11. The summed E-state index contributed by atoms with van der Waals surface area (Å²) in [7, 11) is 0. The van der Waals surface area contributed by atoms with Crippen LogP contribution in [0.4, 0.5) is 0 Å². The molecule has 0 saturated heterocycles. The summed E-state index contributed by atoms with van der Waals surface area (Å²) in [6.45, 7) is 6.70. The van der Waals surface area contributed by atoms with Crippen molar-refractivity contribution < 1.29 is 0 Å². The summed E-state index contributed by atoms with van der Waals surface area (Å²) in [5.74, 6) is 0. The monoisotopic (exact) mass is 176 g/mol. The zero-order valence-corrected chi connectivity index (χ0v) is 8.54. The molecule has 1 aromatic heterocycles. The van der Waals surface area contributed by atoms with E-state index in [9.17, 15) is 0 Å². The number of hydrogen-bond donors (Lipinski definition) is 0. The number of aryl methyl sites for hydroxylation is 1. The highest BCUT2D eigenvalue weighted by Crippen LogP contribution is 2.32. The van der Waals surface area contributed by atoms with Crippen LogP contribution in [0.5, 0.6) is 0 Å². The van der Waals surface area contributed by atoms with E-state index >= 15 is 0 Å². The number of nitrogens with zero attached hydrogens (tertiary/aromatic N) is 2. The van der Waals surface area contributed by atoms with Crippen LogP contribution in [0.2, 0.25) is 0 Å². The third-order valence-corrected chi connectivity index (χ3v) is 2.46. The molecule has 2 nitrogen and oxygen atoms in total. The quantitative estimate of drug-likeness (QED) is 0.594. The van der Waals surface area contributed by atoms with Gasteiger partial charge in [-0.2, -0.15) is 5.10 Å². The first-order valence-corrected chi connectivity index (χ1v) is 4.83. The average Bonchev–Trinajstić information content (AvgIpc) is 2.48. The maximum atomic E-state index is 4.35. The third-order valence-electron chi connectivity index (χ3n) is 2.46. The fourth-order valence-corrected chi connectivity index (χ4v) is 1.80. The second-order valence-corrected chi connectivity index (χ2v) is 4.61. The second kappa shape index (κ2) is 2.72. The Morgan fingerprint density at radius 1 is 1.38 bits per heavy atom. The Morgan fingerprint density at radius 3 is 2.85 bits per heavy atom. The van der Waals surface area contributed by atoms with Crippen molar-refractivity contribution in [3.8, 4) is 0 Å². The van der Waals surface area contributed by atoms with Crippen LogP contribution in [-0.4, -0.2) is 9.78 Å². The highest BCUT2D eigenvalue weighted by atomic mass is 15.3. The van der Waals surface area contributed by atoms with Crippen LogP contribution in [0, 0.1) is 5.41 Å². The molecule has 13 heavy (non-hydrogen) atoms. The van der Waals surface area contributed by atoms with Gasteiger partial charge in [0.15, 0.2) is 0 Å². The normalized spacial score (nSPS) is 16.7. The Bertz CT molecular complexity index is 339. The first-order valence-electron chi connectivity index (χ1n) is 4.83. The van der Waals surface area contributed by atoms with E-state index in [2.05, 4.69) is 42.7 Å². The van der Waals surface area contributed by atoms with Crippen molar-refractivity contribution in [1.29, 1.82) is 0 Å². The van der Waals surface area contributed by atoms with Crippen molar-refractivity contribution in [3.63, 3.8) is 0 Å². The van der Waals surface area contributed by atoms with E-state index in [0.29, 0.717) is 0 Å². The van der Waals surface area contributed by atoms with Gasteiger partial charge in [-0.3, -0.25) is 0 Å². The van der Waals surface area contributed by atoms with Gasteiger partial charge in [0.05, 0.1) is 0 Å². The first kappa shape index (κ1) is 8.54. The lowest BCUT2D eigenvalue weighted by Crippen LogP contribution is -2.19. The van der Waals surface area contributed by atoms with E-state index in [4.69, 9.17) is 0 Å². The van der Waals surface area contributed by atoms with E-state index in [-0.39, 0.29) is 5.41 Å². The van der Waals surface area contributed by atoms with Crippen LogP contribution in [0.1, 0.15) is 32.9 Å². The molecule has 0 radical (unpaired) electrons. The minimum Gasteiger partial charge on any atom is -0.242 e. The molecule has 0 unspecified atom stereocenters. The van der Waals surface area contributed by atoms with Crippen LogP contribution >= 0.6 is 0 Å². The van der Waals surface area contributed by atoms with Gasteiger partial charge in [-0.1, -0.05) is 26.8 Å². The summed E-state index contributed by atoms with van der Waals surface area (Å²) >= 11 is 0. The number of fused-ring (bicyclic) bond motifs is 1. The van der Waals surface area contributed by atoms with Gasteiger partial charge in [0.25, 0.3) is 0 Å². The van der Waals surface area contributed by atoms with Crippen molar-refractivity contribution in [1.82, 2.24) is 9.78 Å². The summed E-state index contributed by atoms with van der Waals surface area (Å²) in [5, 5.41) is 4.35. The molecule has 0 saturated carbocycles. The topological polar surface area (TPSA) is 17.8 Å². The van der Waals surface area contributed by atoms with Crippen molar-refractivity contribution in [3.05, 3.63) is 24.0 Å². The molecule has 1 aliphatic rings. The van der Waals surface area contributed by atoms with Crippen molar-refractivity contribution in [2.75, 3.05) is 0 Å². The molecule has 0 N–H and O–H groups in total. The maximum absolute atomic E-state index is 4.35. The smallest absolute Gasteiger partial charge is 0.0496 e. The minimum atomic E-state index is 0.196. The molecule has 0 amide bonds. The van der Waals surface area contributed by atoms with Crippen LogP contribution in [0.25, 0.3) is 5.70 Å². The lowest BCUT2D eigenvalue weighted by Gasteiger charge is -2.27. The SMILES string of the molecule is CC(C)(C)C1=CCCc2ccnn21.